The van der Waals surface area contributed by atoms with Crippen molar-refractivity contribution < 1.29 is 9.53 Å². The normalized spacial score (nSPS) is 15.1. The van der Waals surface area contributed by atoms with E-state index in [0.717, 1.165) is 49.2 Å². The number of nitrogens with zero attached hydrogens (tertiary/aromatic N) is 1. The van der Waals surface area contributed by atoms with Gasteiger partial charge in [0.1, 0.15) is 5.75 Å². The van der Waals surface area contributed by atoms with Crippen LogP contribution in [0.3, 0.4) is 0 Å². The van der Waals surface area contributed by atoms with E-state index in [2.05, 4.69) is 49.4 Å². The minimum Gasteiger partial charge on any atom is -0.483 e. The van der Waals surface area contributed by atoms with E-state index in [0.29, 0.717) is 5.92 Å². The molecule has 3 nitrogen and oxygen atoms in total. The van der Waals surface area contributed by atoms with Crippen LogP contribution in [0.2, 0.25) is 0 Å². The van der Waals surface area contributed by atoms with Crippen molar-refractivity contribution in [1.29, 1.82) is 0 Å². The lowest BCUT2D eigenvalue weighted by molar-refractivity contribution is -0.134. The van der Waals surface area contributed by atoms with Gasteiger partial charge in [-0.25, -0.2) is 0 Å². The summed E-state index contributed by atoms with van der Waals surface area (Å²) in [5.41, 5.74) is 4.80. The second-order valence-electron chi connectivity index (χ2n) is 7.53. The van der Waals surface area contributed by atoms with E-state index in [1.54, 1.807) is 0 Å². The van der Waals surface area contributed by atoms with Crippen LogP contribution in [-0.4, -0.2) is 30.5 Å². The van der Waals surface area contributed by atoms with Gasteiger partial charge in [-0.15, -0.1) is 0 Å². The van der Waals surface area contributed by atoms with Crippen LogP contribution in [0.5, 0.6) is 5.75 Å². The number of carbonyl (C=O) groups is 1. The van der Waals surface area contributed by atoms with Crippen LogP contribution in [0.4, 0.5) is 0 Å². The Bertz CT molecular complexity index is 723. The van der Waals surface area contributed by atoms with Crippen LogP contribution in [0.1, 0.15) is 35.1 Å². The molecular weight excluding hydrogens is 322 g/mol. The Morgan fingerprint density at radius 1 is 1.04 bits per heavy atom. The molecule has 138 valence electrons. The number of rotatable bonds is 5. The number of amides is 1. The molecule has 1 amide bonds. The Morgan fingerprint density at radius 3 is 2.27 bits per heavy atom. The number of likely N-dealkylation sites (tertiary alicyclic amines) is 1. The van der Waals surface area contributed by atoms with E-state index in [1.165, 1.54) is 11.1 Å². The van der Waals surface area contributed by atoms with E-state index in [9.17, 15) is 4.79 Å². The molecule has 1 aliphatic heterocycles. The molecule has 1 saturated heterocycles. The van der Waals surface area contributed by atoms with Gasteiger partial charge in [0.15, 0.2) is 6.61 Å². The van der Waals surface area contributed by atoms with E-state index in [1.807, 2.05) is 18.7 Å². The summed E-state index contributed by atoms with van der Waals surface area (Å²) in [5.74, 6) is 1.62. The topological polar surface area (TPSA) is 29.5 Å². The molecule has 0 aromatic heterocycles. The molecule has 2 aromatic rings. The fourth-order valence-electron chi connectivity index (χ4n) is 3.95. The molecular formula is C23H29NO2. The van der Waals surface area contributed by atoms with Crippen LogP contribution in [0.25, 0.3) is 0 Å². The van der Waals surface area contributed by atoms with Gasteiger partial charge in [-0.3, -0.25) is 4.79 Å². The van der Waals surface area contributed by atoms with Crippen molar-refractivity contribution >= 4 is 5.91 Å². The number of hydrogen-bond donors (Lipinski definition) is 0. The van der Waals surface area contributed by atoms with Gasteiger partial charge in [0.05, 0.1) is 0 Å². The highest BCUT2D eigenvalue weighted by molar-refractivity contribution is 5.78. The smallest absolute Gasteiger partial charge is 0.260 e. The predicted octanol–water partition coefficient (Wildman–Crippen LogP) is 4.47. The van der Waals surface area contributed by atoms with Crippen LogP contribution in [-0.2, 0) is 11.2 Å². The quantitative estimate of drug-likeness (QED) is 0.795. The summed E-state index contributed by atoms with van der Waals surface area (Å²) < 4.78 is 5.87. The molecule has 3 heteroatoms. The lowest BCUT2D eigenvalue weighted by Crippen LogP contribution is -2.41. The summed E-state index contributed by atoms with van der Waals surface area (Å²) in [6.07, 6.45) is 3.26. The minimum absolute atomic E-state index is 0.0996. The average molecular weight is 351 g/mol. The third-order valence-corrected chi connectivity index (χ3v) is 5.28. The van der Waals surface area contributed by atoms with Gasteiger partial charge in [0.25, 0.3) is 5.91 Å². The van der Waals surface area contributed by atoms with Gasteiger partial charge in [0.2, 0.25) is 0 Å². The van der Waals surface area contributed by atoms with Gasteiger partial charge in [-0.1, -0.05) is 48.0 Å². The largest absolute Gasteiger partial charge is 0.483 e. The molecule has 3 rings (SSSR count). The fourth-order valence-corrected chi connectivity index (χ4v) is 3.95. The number of ether oxygens (including phenoxy) is 1. The van der Waals surface area contributed by atoms with Crippen molar-refractivity contribution in [2.75, 3.05) is 19.7 Å². The maximum Gasteiger partial charge on any atom is 0.260 e. The van der Waals surface area contributed by atoms with E-state index >= 15 is 0 Å². The highest BCUT2D eigenvalue weighted by atomic mass is 16.5. The molecule has 0 unspecified atom stereocenters. The van der Waals surface area contributed by atoms with Crippen molar-refractivity contribution in [2.24, 2.45) is 5.92 Å². The molecule has 1 aliphatic rings. The number of carbonyl (C=O) groups excluding carboxylic acids is 1. The molecule has 0 spiro atoms. The maximum absolute atomic E-state index is 12.5. The van der Waals surface area contributed by atoms with E-state index in [4.69, 9.17) is 4.74 Å². The van der Waals surface area contributed by atoms with Crippen LogP contribution >= 0.6 is 0 Å². The van der Waals surface area contributed by atoms with Gasteiger partial charge in [-0.05, 0) is 62.6 Å². The molecule has 0 bridgehead atoms. The molecule has 0 saturated carbocycles. The zero-order valence-electron chi connectivity index (χ0n) is 16.1. The first-order valence-electron chi connectivity index (χ1n) is 9.55. The van der Waals surface area contributed by atoms with Crippen LogP contribution in [0.15, 0.2) is 42.5 Å². The third-order valence-electron chi connectivity index (χ3n) is 5.28. The predicted molar refractivity (Wildman–Crippen MR) is 106 cm³/mol. The summed E-state index contributed by atoms with van der Waals surface area (Å²) in [5, 5.41) is 0. The average Bonchev–Trinajstić information content (AvgIpc) is 2.62. The Balaban J connectivity index is 1.48. The Kier molecular flexibility index (Phi) is 5.97. The third kappa shape index (κ3) is 4.66. The Hall–Kier alpha value is -2.29. The SMILES string of the molecule is Cc1cc(C)c(OCC(=O)N2CCC(Cc3ccccc3)CC2)c(C)c1. The van der Waals surface area contributed by atoms with Crippen molar-refractivity contribution in [3.05, 3.63) is 64.7 Å². The van der Waals surface area contributed by atoms with Crippen molar-refractivity contribution in [3.8, 4) is 5.75 Å². The Morgan fingerprint density at radius 2 is 1.65 bits per heavy atom. The van der Waals surface area contributed by atoms with Crippen molar-refractivity contribution in [2.45, 2.75) is 40.0 Å². The van der Waals surface area contributed by atoms with Crippen LogP contribution in [0, 0.1) is 26.7 Å². The zero-order valence-corrected chi connectivity index (χ0v) is 16.1. The second-order valence-corrected chi connectivity index (χ2v) is 7.53. The molecule has 1 heterocycles. The minimum atomic E-state index is 0.0996. The lowest BCUT2D eigenvalue weighted by Gasteiger charge is -2.32. The van der Waals surface area contributed by atoms with Gasteiger partial charge >= 0.3 is 0 Å². The first kappa shape index (κ1) is 18.5. The van der Waals surface area contributed by atoms with Crippen LogP contribution < -0.4 is 4.74 Å². The van der Waals surface area contributed by atoms with Crippen molar-refractivity contribution in [3.63, 3.8) is 0 Å². The standard InChI is InChI=1S/C23H29NO2/c1-17-13-18(2)23(19(3)14-17)26-16-22(25)24-11-9-21(10-12-24)15-20-7-5-4-6-8-20/h4-8,13-14,21H,9-12,15-16H2,1-3H3. The van der Waals surface area contributed by atoms with Gasteiger partial charge in [-0.2, -0.15) is 0 Å². The highest BCUT2D eigenvalue weighted by Crippen LogP contribution is 2.25. The summed E-state index contributed by atoms with van der Waals surface area (Å²) >= 11 is 0. The van der Waals surface area contributed by atoms with Gasteiger partial charge < -0.3 is 9.64 Å². The van der Waals surface area contributed by atoms with E-state index in [-0.39, 0.29) is 12.5 Å². The monoisotopic (exact) mass is 351 g/mol. The fraction of sp³-hybridized carbons (Fsp3) is 0.435. The Labute approximate surface area is 157 Å². The highest BCUT2D eigenvalue weighted by Gasteiger charge is 2.23. The molecule has 0 N–H and O–H groups in total. The number of hydrogen-bond acceptors (Lipinski definition) is 2. The summed E-state index contributed by atoms with van der Waals surface area (Å²) in [6.45, 7) is 7.96. The lowest BCUT2D eigenvalue weighted by atomic mass is 9.90. The summed E-state index contributed by atoms with van der Waals surface area (Å²) in [6, 6.07) is 14.8. The zero-order chi connectivity index (χ0) is 18.5. The molecule has 0 radical (unpaired) electrons. The summed E-state index contributed by atoms with van der Waals surface area (Å²) in [4.78, 5) is 14.5. The molecule has 0 atom stereocenters. The van der Waals surface area contributed by atoms with Gasteiger partial charge in [0, 0.05) is 13.1 Å². The summed E-state index contributed by atoms with van der Waals surface area (Å²) in [7, 11) is 0. The number of benzene rings is 2. The molecule has 1 fully saturated rings. The number of piperidine rings is 1. The second kappa shape index (κ2) is 8.39. The molecule has 0 aliphatic carbocycles. The number of aryl methyl sites for hydroxylation is 3. The first-order valence-corrected chi connectivity index (χ1v) is 9.55. The maximum atomic E-state index is 12.5. The van der Waals surface area contributed by atoms with E-state index < -0.39 is 0 Å². The van der Waals surface area contributed by atoms with Crippen molar-refractivity contribution in [1.82, 2.24) is 4.90 Å². The molecule has 26 heavy (non-hydrogen) atoms. The molecule has 2 aromatic carbocycles. The first-order chi connectivity index (χ1) is 12.5.